The first-order valence-electron chi connectivity index (χ1n) is 7.60. The summed E-state index contributed by atoms with van der Waals surface area (Å²) < 4.78 is 5.27. The molecule has 4 heteroatoms. The van der Waals surface area contributed by atoms with E-state index < -0.39 is 0 Å². The van der Waals surface area contributed by atoms with Crippen LogP contribution in [0.15, 0.2) is 54.6 Å². The van der Waals surface area contributed by atoms with Crippen molar-refractivity contribution in [2.75, 3.05) is 11.9 Å². The Morgan fingerprint density at radius 3 is 2.77 bits per heavy atom. The van der Waals surface area contributed by atoms with Crippen molar-refractivity contribution in [3.63, 3.8) is 0 Å². The van der Waals surface area contributed by atoms with Crippen LogP contribution in [0, 0.1) is 0 Å². The maximum Gasteiger partial charge on any atom is 0.407 e. The fourth-order valence-corrected chi connectivity index (χ4v) is 2.63. The Hall–Kier alpha value is -2.49. The molecule has 22 heavy (non-hydrogen) atoms. The Labute approximate surface area is 130 Å². The van der Waals surface area contributed by atoms with Crippen LogP contribution in [-0.4, -0.2) is 18.7 Å². The van der Waals surface area contributed by atoms with Crippen molar-refractivity contribution in [1.82, 2.24) is 5.32 Å². The predicted molar refractivity (Wildman–Crippen MR) is 86.8 cm³/mol. The average molecular weight is 296 g/mol. The molecule has 0 aromatic heterocycles. The Kier molecular flexibility index (Phi) is 4.59. The highest BCUT2D eigenvalue weighted by molar-refractivity contribution is 5.68. The van der Waals surface area contributed by atoms with Gasteiger partial charge in [0, 0.05) is 18.3 Å². The number of alkyl carbamates (subject to hydrolysis) is 1. The molecule has 1 amide bonds. The van der Waals surface area contributed by atoms with Crippen LogP contribution >= 0.6 is 0 Å². The summed E-state index contributed by atoms with van der Waals surface area (Å²) in [6.07, 6.45) is 1.50. The summed E-state index contributed by atoms with van der Waals surface area (Å²) >= 11 is 0. The lowest BCUT2D eigenvalue weighted by Crippen LogP contribution is -2.39. The average Bonchev–Trinajstić information content (AvgIpc) is 2.77. The minimum atomic E-state index is -0.360. The number of aryl methyl sites for hydroxylation is 1. The Bertz CT molecular complexity index is 601. The Morgan fingerprint density at radius 1 is 1.14 bits per heavy atom. The molecule has 1 unspecified atom stereocenters. The summed E-state index contributed by atoms with van der Waals surface area (Å²) in [7, 11) is 0. The van der Waals surface area contributed by atoms with Gasteiger partial charge >= 0.3 is 6.09 Å². The zero-order chi connectivity index (χ0) is 15.2. The number of hydrogen-bond acceptors (Lipinski definition) is 3. The normalized spacial score (nSPS) is 16.8. The van der Waals surface area contributed by atoms with Crippen molar-refractivity contribution in [2.45, 2.75) is 25.5 Å². The van der Waals surface area contributed by atoms with E-state index in [1.54, 1.807) is 0 Å². The lowest BCUT2D eigenvalue weighted by molar-refractivity contribution is 0.135. The first-order chi connectivity index (χ1) is 10.8. The van der Waals surface area contributed by atoms with E-state index in [9.17, 15) is 4.79 Å². The number of hydrogen-bond donors (Lipinski definition) is 2. The van der Waals surface area contributed by atoms with Gasteiger partial charge in [-0.05, 0) is 30.0 Å². The quantitative estimate of drug-likeness (QED) is 0.913. The van der Waals surface area contributed by atoms with Gasteiger partial charge in [-0.25, -0.2) is 4.79 Å². The number of rotatable bonds is 3. The van der Waals surface area contributed by atoms with Crippen molar-refractivity contribution in [2.24, 2.45) is 0 Å². The van der Waals surface area contributed by atoms with Crippen LogP contribution in [0.25, 0.3) is 0 Å². The smallest absolute Gasteiger partial charge is 0.407 e. The van der Waals surface area contributed by atoms with Crippen molar-refractivity contribution < 1.29 is 9.53 Å². The van der Waals surface area contributed by atoms with Crippen LogP contribution in [0.1, 0.15) is 17.5 Å². The molecule has 114 valence electrons. The Balaban J connectivity index is 1.48. The van der Waals surface area contributed by atoms with Crippen molar-refractivity contribution >= 4 is 11.8 Å². The fourth-order valence-electron chi connectivity index (χ4n) is 2.63. The molecule has 4 nitrogen and oxygen atoms in total. The standard InChI is InChI=1S/C18H20N2O2/c21-18(22-13-14-6-2-1-3-7-14)20-16-11-10-15-8-4-5-9-17(15)19-12-16/h1-9,16,19H,10-13H2,(H,20,21). The third kappa shape index (κ3) is 3.79. The van der Waals surface area contributed by atoms with Gasteiger partial charge in [-0.15, -0.1) is 0 Å². The maximum atomic E-state index is 11.9. The highest BCUT2D eigenvalue weighted by Gasteiger charge is 2.17. The van der Waals surface area contributed by atoms with E-state index in [0.29, 0.717) is 6.61 Å². The lowest BCUT2D eigenvalue weighted by atomic mass is 10.1. The number of carbonyl (C=O) groups excluding carboxylic acids is 1. The molecule has 1 heterocycles. The molecule has 0 bridgehead atoms. The molecule has 0 saturated heterocycles. The van der Waals surface area contributed by atoms with Gasteiger partial charge in [0.1, 0.15) is 6.61 Å². The molecular weight excluding hydrogens is 276 g/mol. The summed E-state index contributed by atoms with van der Waals surface area (Å²) in [4.78, 5) is 11.9. The molecule has 2 N–H and O–H groups in total. The minimum absolute atomic E-state index is 0.0793. The SMILES string of the molecule is O=C(NC1CCc2ccccc2NC1)OCc1ccccc1. The van der Waals surface area contributed by atoms with Crippen LogP contribution < -0.4 is 10.6 Å². The first kappa shape index (κ1) is 14.4. The molecule has 0 saturated carbocycles. The third-order valence-corrected chi connectivity index (χ3v) is 3.85. The van der Waals surface area contributed by atoms with Crippen LogP contribution in [0.5, 0.6) is 0 Å². The number of para-hydroxylation sites is 1. The molecule has 0 spiro atoms. The van der Waals surface area contributed by atoms with E-state index in [1.807, 2.05) is 42.5 Å². The summed E-state index contributed by atoms with van der Waals surface area (Å²) in [5.74, 6) is 0. The van der Waals surface area contributed by atoms with Crippen molar-refractivity contribution in [1.29, 1.82) is 0 Å². The molecule has 0 fully saturated rings. The molecule has 1 atom stereocenters. The van der Waals surface area contributed by atoms with Crippen LogP contribution in [-0.2, 0) is 17.8 Å². The maximum absolute atomic E-state index is 11.9. The number of benzene rings is 2. The second-order valence-electron chi connectivity index (χ2n) is 5.48. The molecule has 2 aromatic carbocycles. The van der Waals surface area contributed by atoms with Crippen LogP contribution in [0.3, 0.4) is 0 Å². The van der Waals surface area contributed by atoms with E-state index in [-0.39, 0.29) is 12.1 Å². The number of nitrogens with one attached hydrogen (secondary N) is 2. The number of fused-ring (bicyclic) bond motifs is 1. The van der Waals surface area contributed by atoms with Gasteiger partial charge in [-0.2, -0.15) is 0 Å². The van der Waals surface area contributed by atoms with Gasteiger partial charge in [0.25, 0.3) is 0 Å². The minimum Gasteiger partial charge on any atom is -0.445 e. The highest BCUT2D eigenvalue weighted by Crippen LogP contribution is 2.20. The summed E-state index contributed by atoms with van der Waals surface area (Å²) in [5.41, 5.74) is 3.44. The van der Waals surface area contributed by atoms with Gasteiger partial charge in [0.2, 0.25) is 0 Å². The first-order valence-corrected chi connectivity index (χ1v) is 7.60. The second-order valence-corrected chi connectivity index (χ2v) is 5.48. The number of carbonyl (C=O) groups is 1. The van der Waals surface area contributed by atoms with E-state index in [0.717, 1.165) is 30.6 Å². The highest BCUT2D eigenvalue weighted by atomic mass is 16.5. The van der Waals surface area contributed by atoms with Crippen LogP contribution in [0.4, 0.5) is 10.5 Å². The molecule has 2 aromatic rings. The monoisotopic (exact) mass is 296 g/mol. The van der Waals surface area contributed by atoms with E-state index >= 15 is 0 Å². The zero-order valence-corrected chi connectivity index (χ0v) is 12.4. The Morgan fingerprint density at radius 2 is 1.91 bits per heavy atom. The van der Waals surface area contributed by atoms with Gasteiger partial charge in [0.15, 0.2) is 0 Å². The van der Waals surface area contributed by atoms with Gasteiger partial charge in [0.05, 0.1) is 0 Å². The third-order valence-electron chi connectivity index (χ3n) is 3.85. The van der Waals surface area contributed by atoms with Crippen LogP contribution in [0.2, 0.25) is 0 Å². The van der Waals surface area contributed by atoms with Gasteiger partial charge < -0.3 is 15.4 Å². The van der Waals surface area contributed by atoms with Crippen molar-refractivity contribution in [3.8, 4) is 0 Å². The fraction of sp³-hybridized carbons (Fsp3) is 0.278. The number of ether oxygens (including phenoxy) is 1. The largest absolute Gasteiger partial charge is 0.445 e. The van der Waals surface area contributed by atoms with E-state index in [4.69, 9.17) is 4.74 Å². The summed E-state index contributed by atoms with van der Waals surface area (Å²) in [6, 6.07) is 18.0. The molecule has 0 radical (unpaired) electrons. The molecule has 1 aliphatic rings. The molecule has 1 aliphatic heterocycles. The molecule has 3 rings (SSSR count). The lowest BCUT2D eigenvalue weighted by Gasteiger charge is -2.16. The predicted octanol–water partition coefficient (Wildman–Crippen LogP) is 3.34. The molecule has 0 aliphatic carbocycles. The van der Waals surface area contributed by atoms with E-state index in [2.05, 4.69) is 22.8 Å². The van der Waals surface area contributed by atoms with Gasteiger partial charge in [-0.1, -0.05) is 48.5 Å². The van der Waals surface area contributed by atoms with Crippen molar-refractivity contribution in [3.05, 3.63) is 65.7 Å². The topological polar surface area (TPSA) is 50.4 Å². The summed E-state index contributed by atoms with van der Waals surface area (Å²) in [6.45, 7) is 1.02. The summed E-state index contributed by atoms with van der Waals surface area (Å²) in [5, 5.41) is 6.32. The number of anilines is 1. The second kappa shape index (κ2) is 6.98. The number of amides is 1. The van der Waals surface area contributed by atoms with Gasteiger partial charge in [-0.3, -0.25) is 0 Å². The van der Waals surface area contributed by atoms with E-state index in [1.165, 1.54) is 5.56 Å². The molecular formula is C18H20N2O2. The zero-order valence-electron chi connectivity index (χ0n) is 12.4.